The molecule has 1 aliphatic carbocycles. The van der Waals surface area contributed by atoms with E-state index >= 15 is 0 Å². The van der Waals surface area contributed by atoms with Crippen molar-refractivity contribution in [2.45, 2.75) is 52.0 Å². The van der Waals surface area contributed by atoms with Crippen molar-refractivity contribution in [1.82, 2.24) is 9.78 Å². The number of carbonyl (C=O) groups excluding carboxylic acids is 2. The summed E-state index contributed by atoms with van der Waals surface area (Å²) in [5.74, 6) is -0.333. The standard InChI is InChI=1S/C26H27N3O3/c1-3-23(25(31)27-20-15-13-18(14-16-20)17(2)30)29-26(32)22-12-8-7-11-21(22)24(28-29)19-9-5-4-6-10-19/h4-6,9-10,13-16,23H,3,7-8,11-12H2,1-2H3,(H,27,31)/t23-/m0/s1. The van der Waals surface area contributed by atoms with E-state index < -0.39 is 6.04 Å². The van der Waals surface area contributed by atoms with Crippen LogP contribution in [0.4, 0.5) is 5.69 Å². The first-order chi connectivity index (χ1) is 15.5. The number of benzene rings is 2. The van der Waals surface area contributed by atoms with Gasteiger partial charge in [-0.15, -0.1) is 0 Å². The lowest BCUT2D eigenvalue weighted by Gasteiger charge is -2.23. The van der Waals surface area contributed by atoms with Gasteiger partial charge in [-0.1, -0.05) is 37.3 Å². The summed E-state index contributed by atoms with van der Waals surface area (Å²) in [5, 5.41) is 7.60. The number of carbonyl (C=O) groups is 2. The molecular weight excluding hydrogens is 402 g/mol. The first kappa shape index (κ1) is 21.7. The predicted molar refractivity (Wildman–Crippen MR) is 125 cm³/mol. The van der Waals surface area contributed by atoms with Crippen molar-refractivity contribution in [2.24, 2.45) is 0 Å². The minimum absolute atomic E-state index is 0.0347. The second-order valence-electron chi connectivity index (χ2n) is 8.18. The van der Waals surface area contributed by atoms with Crippen molar-refractivity contribution in [3.63, 3.8) is 0 Å². The summed E-state index contributed by atoms with van der Waals surface area (Å²) in [6.07, 6.45) is 3.96. The van der Waals surface area contributed by atoms with Gasteiger partial charge < -0.3 is 5.32 Å². The van der Waals surface area contributed by atoms with E-state index in [1.807, 2.05) is 37.3 Å². The Morgan fingerprint density at radius 1 is 1.00 bits per heavy atom. The third-order valence-electron chi connectivity index (χ3n) is 6.02. The van der Waals surface area contributed by atoms with Gasteiger partial charge in [0.05, 0.1) is 5.69 Å². The van der Waals surface area contributed by atoms with E-state index in [0.717, 1.165) is 41.6 Å². The zero-order chi connectivity index (χ0) is 22.7. The van der Waals surface area contributed by atoms with Crippen LogP contribution in [0, 0.1) is 0 Å². The third kappa shape index (κ3) is 4.26. The third-order valence-corrected chi connectivity index (χ3v) is 6.02. The van der Waals surface area contributed by atoms with E-state index in [0.29, 0.717) is 24.1 Å². The van der Waals surface area contributed by atoms with Gasteiger partial charge in [0.25, 0.3) is 5.56 Å². The minimum atomic E-state index is -0.732. The summed E-state index contributed by atoms with van der Waals surface area (Å²) in [7, 11) is 0. The van der Waals surface area contributed by atoms with Gasteiger partial charge >= 0.3 is 0 Å². The molecule has 0 unspecified atom stereocenters. The predicted octanol–water partition coefficient (Wildman–Crippen LogP) is 4.58. The fourth-order valence-electron chi connectivity index (χ4n) is 4.28. The first-order valence-corrected chi connectivity index (χ1v) is 11.1. The van der Waals surface area contributed by atoms with Gasteiger partial charge in [-0.3, -0.25) is 14.4 Å². The molecule has 6 heteroatoms. The Morgan fingerprint density at radius 2 is 1.66 bits per heavy atom. The quantitative estimate of drug-likeness (QED) is 0.582. The van der Waals surface area contributed by atoms with Crippen LogP contribution < -0.4 is 10.9 Å². The number of amides is 1. The number of rotatable bonds is 6. The average molecular weight is 430 g/mol. The first-order valence-electron chi connectivity index (χ1n) is 11.1. The van der Waals surface area contributed by atoms with Crippen LogP contribution in [0.5, 0.6) is 0 Å². The number of fused-ring (bicyclic) bond motifs is 1. The molecule has 1 N–H and O–H groups in total. The van der Waals surface area contributed by atoms with Crippen LogP contribution in [-0.2, 0) is 17.6 Å². The summed E-state index contributed by atoms with van der Waals surface area (Å²) in [4.78, 5) is 38.0. The fraction of sp³-hybridized carbons (Fsp3) is 0.308. The molecule has 0 fully saturated rings. The highest BCUT2D eigenvalue weighted by molar-refractivity contribution is 5.96. The maximum absolute atomic E-state index is 13.4. The molecule has 1 amide bonds. The lowest BCUT2D eigenvalue weighted by Crippen LogP contribution is -2.38. The summed E-state index contributed by atoms with van der Waals surface area (Å²) in [5.41, 5.74) is 4.52. The number of ketones is 1. The van der Waals surface area contributed by atoms with Crippen molar-refractivity contribution in [2.75, 3.05) is 5.32 Å². The molecule has 1 aromatic heterocycles. The molecule has 0 saturated carbocycles. The van der Waals surface area contributed by atoms with Gasteiger partial charge in [0.2, 0.25) is 5.91 Å². The number of nitrogens with one attached hydrogen (secondary N) is 1. The Hall–Kier alpha value is -3.54. The molecule has 4 rings (SSSR count). The number of anilines is 1. The molecule has 164 valence electrons. The zero-order valence-corrected chi connectivity index (χ0v) is 18.4. The van der Waals surface area contributed by atoms with Gasteiger partial charge in [-0.2, -0.15) is 5.10 Å². The highest BCUT2D eigenvalue weighted by atomic mass is 16.2. The van der Waals surface area contributed by atoms with Crippen LogP contribution in [0.25, 0.3) is 11.3 Å². The molecule has 6 nitrogen and oxygen atoms in total. The largest absolute Gasteiger partial charge is 0.324 e. The molecular formula is C26H27N3O3. The Labute approximate surface area is 187 Å². The molecule has 1 heterocycles. The van der Waals surface area contributed by atoms with Gasteiger partial charge in [0.15, 0.2) is 5.78 Å². The summed E-state index contributed by atoms with van der Waals surface area (Å²) in [6, 6.07) is 15.8. The van der Waals surface area contributed by atoms with E-state index in [4.69, 9.17) is 5.10 Å². The van der Waals surface area contributed by atoms with Crippen molar-refractivity contribution < 1.29 is 9.59 Å². The highest BCUT2D eigenvalue weighted by Gasteiger charge is 2.27. The van der Waals surface area contributed by atoms with Crippen molar-refractivity contribution in [1.29, 1.82) is 0 Å². The van der Waals surface area contributed by atoms with Gasteiger partial charge in [0.1, 0.15) is 6.04 Å². The van der Waals surface area contributed by atoms with Crippen LogP contribution in [0.2, 0.25) is 0 Å². The molecule has 0 saturated heterocycles. The topological polar surface area (TPSA) is 81.1 Å². The Bertz CT molecular complexity index is 1200. The zero-order valence-electron chi connectivity index (χ0n) is 18.4. The molecule has 3 aromatic rings. The van der Waals surface area contributed by atoms with Crippen LogP contribution >= 0.6 is 0 Å². The van der Waals surface area contributed by atoms with Crippen molar-refractivity contribution >= 4 is 17.4 Å². The number of hydrogen-bond acceptors (Lipinski definition) is 4. The van der Waals surface area contributed by atoms with E-state index in [-0.39, 0.29) is 17.2 Å². The summed E-state index contributed by atoms with van der Waals surface area (Å²) >= 11 is 0. The smallest absolute Gasteiger partial charge is 0.271 e. The monoisotopic (exact) mass is 429 g/mol. The number of hydrogen-bond donors (Lipinski definition) is 1. The second-order valence-corrected chi connectivity index (χ2v) is 8.18. The number of nitrogens with zero attached hydrogens (tertiary/aromatic N) is 2. The average Bonchev–Trinajstić information content (AvgIpc) is 2.82. The van der Waals surface area contributed by atoms with Crippen LogP contribution in [0.3, 0.4) is 0 Å². The molecule has 0 bridgehead atoms. The Balaban J connectivity index is 1.72. The molecule has 2 aromatic carbocycles. The molecule has 0 aliphatic heterocycles. The van der Waals surface area contributed by atoms with Crippen molar-refractivity contribution in [3.8, 4) is 11.3 Å². The van der Waals surface area contributed by atoms with Crippen LogP contribution in [0.15, 0.2) is 59.4 Å². The van der Waals surface area contributed by atoms with Crippen LogP contribution in [0.1, 0.15) is 60.6 Å². The van der Waals surface area contributed by atoms with E-state index in [2.05, 4.69) is 5.32 Å². The summed E-state index contributed by atoms with van der Waals surface area (Å²) < 4.78 is 1.37. The Morgan fingerprint density at radius 3 is 2.28 bits per heavy atom. The number of aromatic nitrogens is 2. The van der Waals surface area contributed by atoms with Crippen molar-refractivity contribution in [3.05, 3.63) is 81.6 Å². The number of Topliss-reactive ketones (excluding diaryl/α,β-unsaturated/α-hetero) is 1. The second kappa shape index (κ2) is 9.30. The summed E-state index contributed by atoms with van der Waals surface area (Å²) in [6.45, 7) is 3.37. The minimum Gasteiger partial charge on any atom is -0.324 e. The normalized spacial score (nSPS) is 13.8. The molecule has 1 aliphatic rings. The molecule has 0 spiro atoms. The van der Waals surface area contributed by atoms with E-state index in [9.17, 15) is 14.4 Å². The molecule has 0 radical (unpaired) electrons. The van der Waals surface area contributed by atoms with Gasteiger partial charge in [-0.25, -0.2) is 4.68 Å². The molecule has 1 atom stereocenters. The van der Waals surface area contributed by atoms with Gasteiger partial charge in [0, 0.05) is 22.4 Å². The van der Waals surface area contributed by atoms with E-state index in [1.54, 1.807) is 24.3 Å². The fourth-order valence-corrected chi connectivity index (χ4v) is 4.28. The van der Waals surface area contributed by atoms with E-state index in [1.165, 1.54) is 11.6 Å². The highest BCUT2D eigenvalue weighted by Crippen LogP contribution is 2.29. The maximum Gasteiger partial charge on any atom is 0.271 e. The molecule has 32 heavy (non-hydrogen) atoms. The Kier molecular flexibility index (Phi) is 6.30. The van der Waals surface area contributed by atoms with Gasteiger partial charge in [-0.05, 0) is 68.9 Å². The lowest BCUT2D eigenvalue weighted by atomic mass is 9.89. The maximum atomic E-state index is 13.4. The lowest BCUT2D eigenvalue weighted by molar-refractivity contribution is -0.119. The SMILES string of the molecule is CC[C@@H](C(=O)Nc1ccc(C(C)=O)cc1)n1nc(-c2ccccc2)c2c(c1=O)CCCC2. The van der Waals surface area contributed by atoms with Crippen LogP contribution in [-0.4, -0.2) is 21.5 Å².